The third-order valence-corrected chi connectivity index (χ3v) is 10.3. The quantitative estimate of drug-likeness (QED) is 0.134. The first-order valence-corrected chi connectivity index (χ1v) is 16.2. The molecule has 8 heteroatoms. The number of benzene rings is 1. The van der Waals surface area contributed by atoms with Gasteiger partial charge < -0.3 is 35.0 Å². The molecule has 0 aliphatic carbocycles. The molecule has 0 fully saturated rings. The van der Waals surface area contributed by atoms with Gasteiger partial charge in [-0.3, -0.25) is 0 Å². The number of carbonyl (C=O) groups is 1. The number of hydrogen-bond acceptors (Lipinski definition) is 8. The summed E-state index contributed by atoms with van der Waals surface area (Å²) in [5, 5.41) is 53.9. The lowest BCUT2D eigenvalue weighted by Crippen LogP contribution is -2.63. The minimum Gasteiger partial charge on any atom is -0.507 e. The fourth-order valence-corrected chi connectivity index (χ4v) is 7.15. The predicted molar refractivity (Wildman–Crippen MR) is 167 cm³/mol. The van der Waals surface area contributed by atoms with Gasteiger partial charge in [-0.25, -0.2) is 4.79 Å². The number of hydrogen-bond donors (Lipinski definition) is 5. The third kappa shape index (κ3) is 7.44. The topological polar surface area (TPSA) is 137 Å². The molecule has 2 unspecified atom stereocenters. The van der Waals surface area contributed by atoms with Crippen LogP contribution in [0.25, 0.3) is 0 Å². The predicted octanol–water partition coefficient (Wildman–Crippen LogP) is 7.04. The van der Waals surface area contributed by atoms with Crippen molar-refractivity contribution in [3.63, 3.8) is 0 Å². The Morgan fingerprint density at radius 1 is 0.884 bits per heavy atom. The van der Waals surface area contributed by atoms with Crippen LogP contribution in [0.15, 0.2) is 11.5 Å². The molecule has 0 saturated heterocycles. The molecule has 0 amide bonds. The number of cyclic esters (lactones) is 1. The van der Waals surface area contributed by atoms with Gasteiger partial charge >= 0.3 is 5.97 Å². The highest BCUT2D eigenvalue weighted by Crippen LogP contribution is 2.51. The maximum atomic E-state index is 12.1. The van der Waals surface area contributed by atoms with Crippen LogP contribution in [0.3, 0.4) is 0 Å². The van der Waals surface area contributed by atoms with Crippen molar-refractivity contribution in [2.24, 2.45) is 23.7 Å². The Labute approximate surface area is 258 Å². The largest absolute Gasteiger partial charge is 0.507 e. The fraction of sp³-hybridized carbons (Fsp3) is 0.743. The maximum absolute atomic E-state index is 12.1. The summed E-state index contributed by atoms with van der Waals surface area (Å²) in [7, 11) is 0. The molecule has 0 bridgehead atoms. The first-order chi connectivity index (χ1) is 20.1. The van der Waals surface area contributed by atoms with Gasteiger partial charge in [-0.2, -0.15) is 0 Å². The number of phenols is 1. The van der Waals surface area contributed by atoms with E-state index < -0.39 is 47.3 Å². The third-order valence-electron chi connectivity index (χ3n) is 10.3. The standard InChI is InChI=1S/C35H56O8/c1-20(2)12-9-13-21(3)14-10-15-22(4)16-11-17-34(8)27(35(41,19-36)32-29(38)30(39)33(40)42-32)18-26-25(7)28(37)23(5)24(6)31(26)43-34/h20-22,27,32,36-39,41H,9-19H2,1-8H3/t21-,22?,27?,32-,34-,35+/m0/s1. The van der Waals surface area contributed by atoms with Crippen LogP contribution in [0, 0.1) is 44.4 Å². The van der Waals surface area contributed by atoms with Gasteiger partial charge in [0.2, 0.25) is 5.76 Å². The molecular weight excluding hydrogens is 548 g/mol. The van der Waals surface area contributed by atoms with E-state index in [0.717, 1.165) is 42.2 Å². The van der Waals surface area contributed by atoms with Crippen LogP contribution in [0.5, 0.6) is 11.5 Å². The number of rotatable bonds is 15. The lowest BCUT2D eigenvalue weighted by Gasteiger charge is -2.51. The summed E-state index contributed by atoms with van der Waals surface area (Å²) in [5.41, 5.74) is -0.336. The Morgan fingerprint density at radius 3 is 1.95 bits per heavy atom. The highest BCUT2D eigenvalue weighted by molar-refractivity contribution is 5.89. The molecule has 3 rings (SSSR count). The van der Waals surface area contributed by atoms with Crippen LogP contribution >= 0.6 is 0 Å². The van der Waals surface area contributed by atoms with Gasteiger partial charge in [0.1, 0.15) is 22.7 Å². The molecular formula is C35H56O8. The van der Waals surface area contributed by atoms with Gasteiger partial charge in [-0.1, -0.05) is 72.6 Å². The molecule has 6 atom stereocenters. The minimum atomic E-state index is -2.16. The van der Waals surface area contributed by atoms with Crippen molar-refractivity contribution in [1.29, 1.82) is 0 Å². The molecule has 2 heterocycles. The molecule has 0 aromatic heterocycles. The van der Waals surface area contributed by atoms with Gasteiger partial charge in [-0.15, -0.1) is 0 Å². The fourth-order valence-electron chi connectivity index (χ4n) is 7.15. The number of carbonyl (C=O) groups excluding carboxylic acids is 1. The van der Waals surface area contributed by atoms with E-state index in [0.29, 0.717) is 29.2 Å². The number of ether oxygens (including phenoxy) is 2. The van der Waals surface area contributed by atoms with Crippen molar-refractivity contribution >= 4 is 5.97 Å². The minimum absolute atomic E-state index is 0.144. The molecule has 43 heavy (non-hydrogen) atoms. The van der Waals surface area contributed by atoms with Crippen molar-refractivity contribution in [2.75, 3.05) is 6.61 Å². The van der Waals surface area contributed by atoms with Crippen LogP contribution in [0.2, 0.25) is 0 Å². The molecule has 0 radical (unpaired) electrons. The van der Waals surface area contributed by atoms with E-state index >= 15 is 0 Å². The summed E-state index contributed by atoms with van der Waals surface area (Å²) in [6.07, 6.45) is 8.32. The van der Waals surface area contributed by atoms with Gasteiger partial charge in [-0.05, 0) is 81.4 Å². The van der Waals surface area contributed by atoms with E-state index in [1.807, 2.05) is 20.8 Å². The zero-order chi connectivity index (χ0) is 32.3. The molecule has 8 nitrogen and oxygen atoms in total. The summed E-state index contributed by atoms with van der Waals surface area (Å²) in [5.74, 6) is -0.970. The second kappa shape index (κ2) is 14.1. The van der Waals surface area contributed by atoms with Crippen molar-refractivity contribution in [2.45, 2.75) is 137 Å². The second-order valence-corrected chi connectivity index (χ2v) is 14.2. The molecule has 1 aromatic carbocycles. The Kier molecular flexibility index (Phi) is 11.5. The van der Waals surface area contributed by atoms with Gasteiger partial charge in [0, 0.05) is 11.5 Å². The Morgan fingerprint density at radius 2 is 1.44 bits per heavy atom. The second-order valence-electron chi connectivity index (χ2n) is 14.2. The van der Waals surface area contributed by atoms with Crippen molar-refractivity contribution in [3.05, 3.63) is 33.8 Å². The average molecular weight is 605 g/mol. The number of aliphatic hydroxyl groups is 4. The smallest absolute Gasteiger partial charge is 0.378 e. The highest BCUT2D eigenvalue weighted by atomic mass is 16.6. The van der Waals surface area contributed by atoms with E-state index in [1.165, 1.54) is 32.1 Å². The van der Waals surface area contributed by atoms with E-state index in [1.54, 1.807) is 6.92 Å². The Balaban J connectivity index is 1.79. The van der Waals surface area contributed by atoms with Crippen LogP contribution in [-0.4, -0.2) is 55.4 Å². The summed E-state index contributed by atoms with van der Waals surface area (Å²) in [6, 6.07) is 0. The summed E-state index contributed by atoms with van der Waals surface area (Å²) in [6.45, 7) is 15.7. The molecule has 1 aromatic rings. The van der Waals surface area contributed by atoms with Gasteiger partial charge in [0.15, 0.2) is 11.9 Å². The monoisotopic (exact) mass is 604 g/mol. The first kappa shape index (κ1) is 35.0. The van der Waals surface area contributed by atoms with Gasteiger partial charge in [0.25, 0.3) is 0 Å². The number of esters is 1. The van der Waals surface area contributed by atoms with E-state index in [2.05, 4.69) is 27.7 Å². The van der Waals surface area contributed by atoms with Crippen molar-refractivity contribution in [1.82, 2.24) is 0 Å². The van der Waals surface area contributed by atoms with Crippen LogP contribution < -0.4 is 4.74 Å². The lowest BCUT2D eigenvalue weighted by molar-refractivity contribution is -0.196. The summed E-state index contributed by atoms with van der Waals surface area (Å²) >= 11 is 0. The van der Waals surface area contributed by atoms with Crippen LogP contribution in [-0.2, 0) is 16.0 Å². The van der Waals surface area contributed by atoms with Crippen LogP contribution in [0.1, 0.15) is 115 Å². The summed E-state index contributed by atoms with van der Waals surface area (Å²) < 4.78 is 11.9. The SMILES string of the molecule is Cc1c(C)c2c(c(C)c1O)CC([C@](O)(CO)[C@H]1OC(=O)C(O)=C1O)[C@](C)(CCCC(C)CCC[C@@H](C)CCCC(C)C)O2. The summed E-state index contributed by atoms with van der Waals surface area (Å²) in [4.78, 5) is 12.1. The Hall–Kier alpha value is -2.45. The highest BCUT2D eigenvalue weighted by Gasteiger charge is 2.60. The number of aliphatic hydroxyl groups excluding tert-OH is 3. The molecule has 0 saturated carbocycles. The zero-order valence-corrected chi connectivity index (χ0v) is 27.6. The molecule has 5 N–H and O–H groups in total. The average Bonchev–Trinajstić information content (AvgIpc) is 3.21. The van der Waals surface area contributed by atoms with Crippen molar-refractivity contribution < 1.29 is 39.8 Å². The normalized spacial score (nSPS) is 24.9. The molecule has 0 spiro atoms. The van der Waals surface area contributed by atoms with E-state index in [9.17, 15) is 30.3 Å². The number of aromatic hydroxyl groups is 1. The van der Waals surface area contributed by atoms with Crippen molar-refractivity contribution in [3.8, 4) is 11.5 Å². The van der Waals surface area contributed by atoms with E-state index in [-0.39, 0.29) is 12.2 Å². The lowest BCUT2D eigenvalue weighted by atomic mass is 9.66. The molecule has 2 aliphatic rings. The Bertz CT molecular complexity index is 1170. The maximum Gasteiger partial charge on any atom is 0.378 e. The number of fused-ring (bicyclic) bond motifs is 1. The molecule has 2 aliphatic heterocycles. The zero-order valence-electron chi connectivity index (χ0n) is 27.6. The first-order valence-electron chi connectivity index (χ1n) is 16.2. The van der Waals surface area contributed by atoms with Crippen LogP contribution in [0.4, 0.5) is 0 Å². The van der Waals surface area contributed by atoms with Gasteiger partial charge in [0.05, 0.1) is 6.61 Å². The number of phenolic OH excluding ortho intramolecular Hbond substituents is 1. The molecule has 244 valence electrons. The van der Waals surface area contributed by atoms with E-state index in [4.69, 9.17) is 9.47 Å².